The lowest BCUT2D eigenvalue weighted by atomic mass is 10.2. The summed E-state index contributed by atoms with van der Waals surface area (Å²) in [5.41, 5.74) is 6.49. The van der Waals surface area contributed by atoms with Crippen molar-refractivity contribution in [2.24, 2.45) is 5.73 Å². The summed E-state index contributed by atoms with van der Waals surface area (Å²) in [4.78, 5) is 4.31. The summed E-state index contributed by atoms with van der Waals surface area (Å²) in [6, 6.07) is 7.04. The third-order valence-electron chi connectivity index (χ3n) is 2.44. The van der Waals surface area contributed by atoms with Crippen LogP contribution in [-0.2, 0) is 6.54 Å². The van der Waals surface area contributed by atoms with E-state index in [-0.39, 0.29) is 5.75 Å². The minimum atomic E-state index is 0.267. The minimum absolute atomic E-state index is 0.267. The van der Waals surface area contributed by atoms with Crippen LogP contribution < -0.4 is 5.73 Å². The van der Waals surface area contributed by atoms with Crippen LogP contribution >= 0.6 is 0 Å². The van der Waals surface area contributed by atoms with Gasteiger partial charge in [0.05, 0.1) is 0 Å². The zero-order valence-electron chi connectivity index (χ0n) is 9.00. The molecule has 0 aliphatic carbocycles. The van der Waals surface area contributed by atoms with Crippen molar-refractivity contribution in [3.63, 3.8) is 0 Å². The molecule has 3 N–H and O–H groups in total. The Kier molecular flexibility index (Phi) is 3.22. The quantitative estimate of drug-likeness (QED) is 0.817. The number of rotatable bonds is 4. The number of nitrogens with zero attached hydrogens (tertiary/aromatic N) is 2. The van der Waals surface area contributed by atoms with Crippen molar-refractivity contribution in [3.05, 3.63) is 36.7 Å². The Balaban J connectivity index is 2.26. The summed E-state index contributed by atoms with van der Waals surface area (Å²) in [7, 11) is 0. The van der Waals surface area contributed by atoms with Crippen LogP contribution in [0.5, 0.6) is 5.75 Å². The fraction of sp³-hybridized carbons (Fsp3) is 0.250. The monoisotopic (exact) mass is 217 g/mol. The number of aromatic nitrogens is 2. The standard InChI is InChI=1S/C12H15N3O/c13-6-1-8-15-9-7-14-12(15)10-2-4-11(16)5-3-10/h2-5,7,9,16H,1,6,8,13H2. The summed E-state index contributed by atoms with van der Waals surface area (Å²) in [5, 5.41) is 9.22. The third-order valence-corrected chi connectivity index (χ3v) is 2.44. The molecule has 0 bridgehead atoms. The number of nitrogens with two attached hydrogens (primary N) is 1. The van der Waals surface area contributed by atoms with Gasteiger partial charge < -0.3 is 15.4 Å². The van der Waals surface area contributed by atoms with Gasteiger partial charge in [0, 0.05) is 24.5 Å². The number of imidazole rings is 1. The molecule has 0 aliphatic heterocycles. The van der Waals surface area contributed by atoms with E-state index in [1.54, 1.807) is 18.3 Å². The fourth-order valence-corrected chi connectivity index (χ4v) is 1.62. The molecule has 84 valence electrons. The van der Waals surface area contributed by atoms with E-state index in [9.17, 15) is 5.11 Å². The van der Waals surface area contributed by atoms with Gasteiger partial charge in [-0.1, -0.05) is 0 Å². The van der Waals surface area contributed by atoms with E-state index in [0.717, 1.165) is 24.4 Å². The van der Waals surface area contributed by atoms with E-state index < -0.39 is 0 Å². The topological polar surface area (TPSA) is 64.1 Å². The molecule has 1 aromatic heterocycles. The Morgan fingerprint density at radius 2 is 2.00 bits per heavy atom. The van der Waals surface area contributed by atoms with E-state index in [4.69, 9.17) is 5.73 Å². The first-order valence-electron chi connectivity index (χ1n) is 5.32. The largest absolute Gasteiger partial charge is 0.508 e. The number of aromatic hydroxyl groups is 1. The first-order valence-corrected chi connectivity index (χ1v) is 5.32. The van der Waals surface area contributed by atoms with Crippen LogP contribution in [-0.4, -0.2) is 21.2 Å². The van der Waals surface area contributed by atoms with Gasteiger partial charge in [0.25, 0.3) is 0 Å². The summed E-state index contributed by atoms with van der Waals surface area (Å²) in [6.45, 7) is 1.54. The average Bonchev–Trinajstić information content (AvgIpc) is 2.75. The lowest BCUT2D eigenvalue weighted by molar-refractivity contribution is 0.475. The van der Waals surface area contributed by atoms with Crippen LogP contribution in [0.1, 0.15) is 6.42 Å². The zero-order chi connectivity index (χ0) is 11.4. The molecule has 1 aromatic carbocycles. The first-order chi connectivity index (χ1) is 7.81. The molecule has 0 atom stereocenters. The van der Waals surface area contributed by atoms with E-state index >= 15 is 0 Å². The maximum Gasteiger partial charge on any atom is 0.139 e. The Labute approximate surface area is 94.4 Å². The fourth-order valence-electron chi connectivity index (χ4n) is 1.62. The summed E-state index contributed by atoms with van der Waals surface area (Å²) in [5.74, 6) is 1.18. The highest BCUT2D eigenvalue weighted by Crippen LogP contribution is 2.20. The Morgan fingerprint density at radius 3 is 2.69 bits per heavy atom. The van der Waals surface area contributed by atoms with Gasteiger partial charge in [-0.3, -0.25) is 0 Å². The normalized spacial score (nSPS) is 10.6. The molecule has 0 radical (unpaired) electrons. The van der Waals surface area contributed by atoms with Gasteiger partial charge in [0.2, 0.25) is 0 Å². The maximum atomic E-state index is 9.22. The van der Waals surface area contributed by atoms with Gasteiger partial charge >= 0.3 is 0 Å². The molecule has 0 aliphatic rings. The summed E-state index contributed by atoms with van der Waals surface area (Å²) in [6.07, 6.45) is 4.65. The second kappa shape index (κ2) is 4.81. The van der Waals surface area contributed by atoms with Gasteiger partial charge in [0.15, 0.2) is 0 Å². The van der Waals surface area contributed by atoms with Gasteiger partial charge in [0.1, 0.15) is 11.6 Å². The van der Waals surface area contributed by atoms with Gasteiger partial charge in [-0.2, -0.15) is 0 Å². The van der Waals surface area contributed by atoms with Crippen molar-refractivity contribution >= 4 is 0 Å². The van der Waals surface area contributed by atoms with Crippen molar-refractivity contribution < 1.29 is 5.11 Å². The lowest BCUT2D eigenvalue weighted by Crippen LogP contribution is -2.06. The maximum absolute atomic E-state index is 9.22. The van der Waals surface area contributed by atoms with Crippen LogP contribution in [0.25, 0.3) is 11.4 Å². The van der Waals surface area contributed by atoms with Gasteiger partial charge in [-0.15, -0.1) is 0 Å². The molecular weight excluding hydrogens is 202 g/mol. The highest BCUT2D eigenvalue weighted by molar-refractivity contribution is 5.56. The molecule has 0 spiro atoms. The van der Waals surface area contributed by atoms with Gasteiger partial charge in [-0.25, -0.2) is 4.98 Å². The summed E-state index contributed by atoms with van der Waals surface area (Å²) >= 11 is 0. The first kappa shape index (κ1) is 10.7. The molecule has 2 rings (SSSR count). The number of aryl methyl sites for hydroxylation is 1. The Hall–Kier alpha value is -1.81. The predicted octanol–water partition coefficient (Wildman–Crippen LogP) is 1.60. The average molecular weight is 217 g/mol. The molecule has 4 nitrogen and oxygen atoms in total. The molecule has 2 aromatic rings. The van der Waals surface area contributed by atoms with Crippen molar-refractivity contribution in [1.29, 1.82) is 0 Å². The minimum Gasteiger partial charge on any atom is -0.508 e. The Bertz CT molecular complexity index is 448. The SMILES string of the molecule is NCCCn1ccnc1-c1ccc(O)cc1. The number of hydrogen-bond acceptors (Lipinski definition) is 3. The molecule has 0 fully saturated rings. The number of phenols is 1. The molecule has 0 amide bonds. The van der Waals surface area contributed by atoms with Crippen LogP contribution in [0.15, 0.2) is 36.7 Å². The van der Waals surface area contributed by atoms with E-state index in [1.165, 1.54) is 0 Å². The molecule has 16 heavy (non-hydrogen) atoms. The van der Waals surface area contributed by atoms with Crippen LogP contribution in [0.4, 0.5) is 0 Å². The number of phenolic OH excluding ortho intramolecular Hbond substituents is 1. The predicted molar refractivity (Wildman–Crippen MR) is 63.0 cm³/mol. The van der Waals surface area contributed by atoms with E-state index in [2.05, 4.69) is 9.55 Å². The van der Waals surface area contributed by atoms with E-state index in [0.29, 0.717) is 6.54 Å². The number of benzene rings is 1. The molecular formula is C12H15N3O. The molecule has 0 saturated heterocycles. The number of hydrogen-bond donors (Lipinski definition) is 2. The van der Waals surface area contributed by atoms with Gasteiger partial charge in [-0.05, 0) is 37.2 Å². The van der Waals surface area contributed by atoms with Crippen LogP contribution in [0.3, 0.4) is 0 Å². The Morgan fingerprint density at radius 1 is 1.25 bits per heavy atom. The van der Waals surface area contributed by atoms with Crippen LogP contribution in [0.2, 0.25) is 0 Å². The highest BCUT2D eigenvalue weighted by Gasteiger charge is 2.04. The second-order valence-electron chi connectivity index (χ2n) is 3.63. The van der Waals surface area contributed by atoms with Crippen molar-refractivity contribution in [2.45, 2.75) is 13.0 Å². The third kappa shape index (κ3) is 2.23. The van der Waals surface area contributed by atoms with Crippen molar-refractivity contribution in [2.75, 3.05) is 6.54 Å². The van der Waals surface area contributed by atoms with E-state index in [1.807, 2.05) is 18.3 Å². The summed E-state index contributed by atoms with van der Waals surface area (Å²) < 4.78 is 2.07. The lowest BCUT2D eigenvalue weighted by Gasteiger charge is -2.06. The van der Waals surface area contributed by atoms with Crippen molar-refractivity contribution in [1.82, 2.24) is 9.55 Å². The highest BCUT2D eigenvalue weighted by atomic mass is 16.3. The molecule has 0 saturated carbocycles. The molecule has 4 heteroatoms. The second-order valence-corrected chi connectivity index (χ2v) is 3.63. The molecule has 1 heterocycles. The smallest absolute Gasteiger partial charge is 0.139 e. The van der Waals surface area contributed by atoms with Crippen LogP contribution in [0, 0.1) is 0 Å². The van der Waals surface area contributed by atoms with Crippen molar-refractivity contribution in [3.8, 4) is 17.1 Å². The zero-order valence-corrected chi connectivity index (χ0v) is 9.00. The molecule has 0 unspecified atom stereocenters.